The molecule has 1 amide bonds. The van der Waals surface area contributed by atoms with Crippen LogP contribution in [0.1, 0.15) is 23.3 Å². The lowest BCUT2D eigenvalue weighted by atomic mass is 9.97. The number of carbonyl (C=O) groups excluding carboxylic acids is 1. The van der Waals surface area contributed by atoms with Gasteiger partial charge in [-0.15, -0.1) is 10.2 Å². The molecule has 1 saturated heterocycles. The number of hydrogen-bond donors (Lipinski definition) is 1. The smallest absolute Gasteiger partial charge is 0.401 e. The van der Waals surface area contributed by atoms with Gasteiger partial charge in [-0.05, 0) is 37.9 Å². The van der Waals surface area contributed by atoms with Crippen LogP contribution >= 0.6 is 0 Å². The molecule has 128 valence electrons. The maximum Gasteiger partial charge on any atom is 0.401 e. The predicted molar refractivity (Wildman–Crippen MR) is 76.1 cm³/mol. The van der Waals surface area contributed by atoms with Crippen LogP contribution < -0.4 is 10.1 Å². The highest BCUT2D eigenvalue weighted by molar-refractivity contribution is 5.92. The molecule has 0 saturated carbocycles. The minimum absolute atomic E-state index is 0.176. The molecule has 1 aliphatic heterocycles. The Morgan fingerprint density at radius 2 is 2.04 bits per heavy atom. The molecule has 23 heavy (non-hydrogen) atoms. The molecule has 1 aromatic heterocycles. The summed E-state index contributed by atoms with van der Waals surface area (Å²) in [7, 11) is 1.45. The average Bonchev–Trinajstić information content (AvgIpc) is 2.52. The molecule has 0 radical (unpaired) electrons. The number of piperidine rings is 1. The predicted octanol–water partition coefficient (Wildman–Crippen LogP) is 1.49. The van der Waals surface area contributed by atoms with Crippen LogP contribution in [0.15, 0.2) is 12.1 Å². The Kier molecular flexibility index (Phi) is 5.75. The van der Waals surface area contributed by atoms with Gasteiger partial charge in [0.25, 0.3) is 5.91 Å². The lowest BCUT2D eigenvalue weighted by Crippen LogP contribution is -2.42. The number of aromatic nitrogens is 2. The van der Waals surface area contributed by atoms with Crippen molar-refractivity contribution in [3.8, 4) is 5.88 Å². The van der Waals surface area contributed by atoms with Crippen molar-refractivity contribution < 1.29 is 22.7 Å². The van der Waals surface area contributed by atoms with E-state index in [1.807, 2.05) is 0 Å². The van der Waals surface area contributed by atoms with Gasteiger partial charge < -0.3 is 10.1 Å². The summed E-state index contributed by atoms with van der Waals surface area (Å²) in [4.78, 5) is 13.3. The van der Waals surface area contributed by atoms with Crippen molar-refractivity contribution in [1.29, 1.82) is 0 Å². The quantitative estimate of drug-likeness (QED) is 0.885. The van der Waals surface area contributed by atoms with Crippen molar-refractivity contribution in [2.24, 2.45) is 5.92 Å². The summed E-state index contributed by atoms with van der Waals surface area (Å²) in [6.07, 6.45) is -2.90. The molecule has 1 fully saturated rings. The molecule has 1 aromatic rings. The Labute approximate surface area is 132 Å². The first-order valence-corrected chi connectivity index (χ1v) is 7.32. The molecule has 0 aromatic carbocycles. The second kappa shape index (κ2) is 7.58. The third-order valence-electron chi connectivity index (χ3n) is 3.74. The third kappa shape index (κ3) is 5.66. The van der Waals surface area contributed by atoms with Crippen molar-refractivity contribution in [3.05, 3.63) is 17.8 Å². The molecule has 6 nitrogen and oxygen atoms in total. The second-order valence-corrected chi connectivity index (χ2v) is 5.51. The highest BCUT2D eigenvalue weighted by atomic mass is 19.4. The van der Waals surface area contributed by atoms with Gasteiger partial charge in [0, 0.05) is 12.6 Å². The average molecular weight is 332 g/mol. The third-order valence-corrected chi connectivity index (χ3v) is 3.74. The van der Waals surface area contributed by atoms with Gasteiger partial charge in [0.05, 0.1) is 13.7 Å². The van der Waals surface area contributed by atoms with Crippen LogP contribution in [-0.2, 0) is 0 Å². The van der Waals surface area contributed by atoms with Gasteiger partial charge in [0.2, 0.25) is 5.88 Å². The number of rotatable bonds is 5. The molecule has 1 aliphatic rings. The molecule has 0 unspecified atom stereocenters. The molecule has 2 rings (SSSR count). The van der Waals surface area contributed by atoms with E-state index in [0.717, 1.165) is 0 Å². The fraction of sp³-hybridized carbons (Fsp3) is 0.643. The van der Waals surface area contributed by atoms with Crippen LogP contribution in [0.5, 0.6) is 5.88 Å². The zero-order valence-electron chi connectivity index (χ0n) is 12.8. The molecular weight excluding hydrogens is 313 g/mol. The normalized spacial score (nSPS) is 17.0. The standard InChI is InChI=1S/C14H19F3N4O2/c1-23-12-3-2-11(19-20-12)13(22)18-8-10-4-6-21(7-5-10)9-14(15,16)17/h2-3,10H,4-9H2,1H3,(H,18,22). The SMILES string of the molecule is COc1ccc(C(=O)NCC2CCN(CC(F)(F)F)CC2)nn1. The van der Waals surface area contributed by atoms with E-state index >= 15 is 0 Å². The van der Waals surface area contributed by atoms with E-state index in [0.29, 0.717) is 38.4 Å². The summed E-state index contributed by atoms with van der Waals surface area (Å²) in [5.41, 5.74) is 0.181. The Hall–Kier alpha value is -1.90. The number of ether oxygens (including phenoxy) is 1. The Morgan fingerprint density at radius 3 is 2.57 bits per heavy atom. The lowest BCUT2D eigenvalue weighted by molar-refractivity contribution is -0.148. The van der Waals surface area contributed by atoms with E-state index < -0.39 is 12.7 Å². The monoisotopic (exact) mass is 332 g/mol. The van der Waals surface area contributed by atoms with Gasteiger partial charge >= 0.3 is 6.18 Å². The molecular formula is C14H19F3N4O2. The van der Waals surface area contributed by atoms with Gasteiger partial charge in [-0.3, -0.25) is 9.69 Å². The maximum absolute atomic E-state index is 12.3. The van der Waals surface area contributed by atoms with Gasteiger partial charge in [-0.1, -0.05) is 0 Å². The fourth-order valence-electron chi connectivity index (χ4n) is 2.48. The highest BCUT2D eigenvalue weighted by Gasteiger charge is 2.32. The van der Waals surface area contributed by atoms with Crippen LogP contribution in [0, 0.1) is 5.92 Å². The maximum atomic E-state index is 12.3. The van der Waals surface area contributed by atoms with Gasteiger partial charge in [-0.2, -0.15) is 13.2 Å². The number of carbonyl (C=O) groups is 1. The summed E-state index contributed by atoms with van der Waals surface area (Å²) in [6.45, 7) is 0.338. The number of halogens is 3. The fourth-order valence-corrected chi connectivity index (χ4v) is 2.48. The zero-order chi connectivity index (χ0) is 16.9. The number of amides is 1. The number of methoxy groups -OCH3 is 1. The van der Waals surface area contributed by atoms with Crippen molar-refractivity contribution in [1.82, 2.24) is 20.4 Å². The van der Waals surface area contributed by atoms with E-state index in [1.165, 1.54) is 24.1 Å². The van der Waals surface area contributed by atoms with E-state index in [2.05, 4.69) is 15.5 Å². The van der Waals surface area contributed by atoms with Crippen molar-refractivity contribution in [3.63, 3.8) is 0 Å². The summed E-state index contributed by atoms with van der Waals surface area (Å²) >= 11 is 0. The van der Waals surface area contributed by atoms with Crippen LogP contribution in [0.25, 0.3) is 0 Å². The summed E-state index contributed by atoms with van der Waals surface area (Å²) in [6, 6.07) is 3.05. The number of hydrogen-bond acceptors (Lipinski definition) is 5. The second-order valence-electron chi connectivity index (χ2n) is 5.51. The van der Waals surface area contributed by atoms with E-state index in [-0.39, 0.29) is 17.5 Å². The van der Waals surface area contributed by atoms with Crippen LogP contribution in [0.4, 0.5) is 13.2 Å². The van der Waals surface area contributed by atoms with Crippen molar-refractivity contribution in [2.45, 2.75) is 19.0 Å². The first-order valence-electron chi connectivity index (χ1n) is 7.32. The van der Waals surface area contributed by atoms with E-state index in [9.17, 15) is 18.0 Å². The molecule has 0 bridgehead atoms. The van der Waals surface area contributed by atoms with Crippen LogP contribution in [-0.4, -0.2) is 60.5 Å². The highest BCUT2D eigenvalue weighted by Crippen LogP contribution is 2.22. The largest absolute Gasteiger partial charge is 0.480 e. The number of nitrogens with zero attached hydrogens (tertiary/aromatic N) is 3. The molecule has 0 atom stereocenters. The molecule has 1 N–H and O–H groups in total. The number of alkyl halides is 3. The summed E-state index contributed by atoms with van der Waals surface area (Å²) in [5.74, 6) is 0.145. The van der Waals surface area contributed by atoms with Crippen LogP contribution in [0.3, 0.4) is 0 Å². The summed E-state index contributed by atoms with van der Waals surface area (Å²) < 4.78 is 41.8. The molecule has 0 spiro atoms. The number of nitrogens with one attached hydrogen (secondary N) is 1. The minimum atomic E-state index is -4.16. The first-order chi connectivity index (χ1) is 10.9. The lowest BCUT2D eigenvalue weighted by Gasteiger charge is -2.32. The molecule has 9 heteroatoms. The number of likely N-dealkylation sites (tertiary alicyclic amines) is 1. The Morgan fingerprint density at radius 1 is 1.35 bits per heavy atom. The minimum Gasteiger partial charge on any atom is -0.480 e. The Bertz CT molecular complexity index is 514. The first kappa shape index (κ1) is 17.5. The van der Waals surface area contributed by atoms with Crippen molar-refractivity contribution in [2.75, 3.05) is 33.3 Å². The van der Waals surface area contributed by atoms with Crippen LogP contribution in [0.2, 0.25) is 0 Å². The summed E-state index contributed by atoms with van der Waals surface area (Å²) in [5, 5.41) is 10.2. The Balaban J connectivity index is 1.73. The van der Waals surface area contributed by atoms with Gasteiger partial charge in [0.1, 0.15) is 0 Å². The zero-order valence-corrected chi connectivity index (χ0v) is 12.8. The molecule has 0 aliphatic carbocycles. The van der Waals surface area contributed by atoms with Crippen molar-refractivity contribution >= 4 is 5.91 Å². The van der Waals surface area contributed by atoms with Gasteiger partial charge in [-0.25, -0.2) is 0 Å². The van der Waals surface area contributed by atoms with E-state index in [4.69, 9.17) is 4.74 Å². The molecule has 2 heterocycles. The van der Waals surface area contributed by atoms with E-state index in [1.54, 1.807) is 0 Å². The topological polar surface area (TPSA) is 67.3 Å². The van der Waals surface area contributed by atoms with Gasteiger partial charge in [0.15, 0.2) is 5.69 Å².